The number of ether oxygens (including phenoxy) is 2. The van der Waals surface area contributed by atoms with Crippen LogP contribution >= 0.6 is 11.3 Å². The summed E-state index contributed by atoms with van der Waals surface area (Å²) in [5.41, 5.74) is 1.71. The first kappa shape index (κ1) is 13.9. The summed E-state index contributed by atoms with van der Waals surface area (Å²) in [6.07, 6.45) is 3.42. The van der Waals surface area contributed by atoms with Crippen molar-refractivity contribution in [2.45, 2.75) is 13.8 Å². The second-order valence-corrected chi connectivity index (χ2v) is 6.39. The molecule has 108 valence electrons. The van der Waals surface area contributed by atoms with Gasteiger partial charge in [-0.05, 0) is 43.7 Å². The lowest BCUT2D eigenvalue weighted by atomic mass is 10.1. The third kappa shape index (κ3) is 3.00. The van der Waals surface area contributed by atoms with Crippen LogP contribution in [0.25, 0.3) is 6.08 Å². The van der Waals surface area contributed by atoms with E-state index in [2.05, 4.69) is 0 Å². The Morgan fingerprint density at radius 1 is 1.14 bits per heavy atom. The number of ketones is 1. The van der Waals surface area contributed by atoms with E-state index in [1.54, 1.807) is 17.4 Å². The van der Waals surface area contributed by atoms with Crippen LogP contribution in [-0.2, 0) is 0 Å². The van der Waals surface area contributed by atoms with Crippen molar-refractivity contribution in [2.24, 2.45) is 0 Å². The smallest absolute Gasteiger partial charge is 0.186 e. The molecule has 0 bridgehead atoms. The quantitative estimate of drug-likeness (QED) is 0.634. The molecule has 3 rings (SSSR count). The van der Waals surface area contributed by atoms with Gasteiger partial charge in [-0.25, -0.2) is 0 Å². The molecule has 1 aliphatic heterocycles. The van der Waals surface area contributed by atoms with Crippen LogP contribution in [0.4, 0.5) is 0 Å². The van der Waals surface area contributed by atoms with E-state index in [0.29, 0.717) is 13.2 Å². The molecule has 0 N–H and O–H groups in total. The Morgan fingerprint density at radius 2 is 1.90 bits per heavy atom. The second kappa shape index (κ2) is 5.74. The van der Waals surface area contributed by atoms with Crippen LogP contribution in [0.15, 0.2) is 30.3 Å². The Hall–Kier alpha value is -2.07. The minimum Gasteiger partial charge on any atom is -0.486 e. The molecule has 3 nitrogen and oxygen atoms in total. The monoisotopic (exact) mass is 300 g/mol. The first-order chi connectivity index (χ1) is 10.1. The van der Waals surface area contributed by atoms with Gasteiger partial charge in [0.1, 0.15) is 13.2 Å². The molecule has 1 aromatic heterocycles. The summed E-state index contributed by atoms with van der Waals surface area (Å²) < 4.78 is 11.0. The molecule has 0 saturated heterocycles. The van der Waals surface area contributed by atoms with Crippen LogP contribution in [-0.4, -0.2) is 19.0 Å². The average Bonchev–Trinajstić information content (AvgIpc) is 2.83. The molecule has 0 saturated carbocycles. The molecule has 2 aromatic rings. The van der Waals surface area contributed by atoms with Gasteiger partial charge in [0.15, 0.2) is 17.3 Å². The van der Waals surface area contributed by atoms with E-state index < -0.39 is 0 Å². The van der Waals surface area contributed by atoms with Crippen molar-refractivity contribution < 1.29 is 14.3 Å². The largest absolute Gasteiger partial charge is 0.486 e. The second-order valence-electron chi connectivity index (χ2n) is 4.93. The summed E-state index contributed by atoms with van der Waals surface area (Å²) in [4.78, 5) is 14.4. The lowest BCUT2D eigenvalue weighted by molar-refractivity contribution is 0.104. The minimum atomic E-state index is 0.0340. The van der Waals surface area contributed by atoms with E-state index in [-0.39, 0.29) is 5.78 Å². The highest BCUT2D eigenvalue weighted by Crippen LogP contribution is 2.31. The Kier molecular flexibility index (Phi) is 3.80. The predicted molar refractivity (Wildman–Crippen MR) is 84.6 cm³/mol. The van der Waals surface area contributed by atoms with Crippen LogP contribution < -0.4 is 9.47 Å². The van der Waals surface area contributed by atoms with Gasteiger partial charge in [0.05, 0.1) is 0 Å². The van der Waals surface area contributed by atoms with Gasteiger partial charge >= 0.3 is 0 Å². The summed E-state index contributed by atoms with van der Waals surface area (Å²) in [6.45, 7) is 5.13. The molecule has 0 unspecified atom stereocenters. The van der Waals surface area contributed by atoms with Gasteiger partial charge in [-0.3, -0.25) is 4.79 Å². The van der Waals surface area contributed by atoms with Crippen molar-refractivity contribution >= 4 is 23.2 Å². The number of benzene rings is 1. The van der Waals surface area contributed by atoms with Crippen molar-refractivity contribution in [3.05, 3.63) is 51.2 Å². The Morgan fingerprint density at radius 3 is 2.62 bits per heavy atom. The highest BCUT2D eigenvalue weighted by atomic mass is 32.1. The summed E-state index contributed by atoms with van der Waals surface area (Å²) in [7, 11) is 0. The standard InChI is InChI=1S/C17H16O3S/c1-11-9-14(12(2)21-11)15(18)5-3-13-4-6-16-17(10-13)20-8-7-19-16/h3-6,9-10H,7-8H2,1-2H3/b5-3+. The fourth-order valence-electron chi connectivity index (χ4n) is 2.30. The van der Waals surface area contributed by atoms with Crippen molar-refractivity contribution in [1.82, 2.24) is 0 Å². The van der Waals surface area contributed by atoms with Gasteiger partial charge in [-0.15, -0.1) is 11.3 Å². The molecule has 1 aliphatic rings. The number of aryl methyl sites for hydroxylation is 2. The summed E-state index contributed by atoms with van der Waals surface area (Å²) >= 11 is 1.65. The molecule has 0 amide bonds. The maximum atomic E-state index is 12.2. The van der Waals surface area contributed by atoms with E-state index >= 15 is 0 Å². The molecule has 1 aromatic carbocycles. The number of hydrogen-bond donors (Lipinski definition) is 0. The molecule has 0 radical (unpaired) electrons. The van der Waals surface area contributed by atoms with E-state index in [1.807, 2.05) is 44.2 Å². The van der Waals surface area contributed by atoms with Crippen LogP contribution in [0.3, 0.4) is 0 Å². The van der Waals surface area contributed by atoms with Crippen LogP contribution in [0.5, 0.6) is 11.5 Å². The van der Waals surface area contributed by atoms with Crippen LogP contribution in [0.2, 0.25) is 0 Å². The number of thiophene rings is 1. The number of carbonyl (C=O) groups is 1. The van der Waals surface area contributed by atoms with Gasteiger partial charge in [0.25, 0.3) is 0 Å². The zero-order valence-corrected chi connectivity index (χ0v) is 12.8. The number of hydrogen-bond acceptors (Lipinski definition) is 4. The first-order valence-corrected chi connectivity index (χ1v) is 7.64. The van der Waals surface area contributed by atoms with Gasteiger partial charge in [0.2, 0.25) is 0 Å². The van der Waals surface area contributed by atoms with Gasteiger partial charge in [0, 0.05) is 15.3 Å². The van der Waals surface area contributed by atoms with E-state index in [1.165, 1.54) is 0 Å². The lowest BCUT2D eigenvalue weighted by Gasteiger charge is -2.18. The summed E-state index contributed by atoms with van der Waals surface area (Å²) in [5.74, 6) is 1.53. The normalized spacial score (nSPS) is 13.6. The molecular weight excluding hydrogens is 284 g/mol. The lowest BCUT2D eigenvalue weighted by Crippen LogP contribution is -2.15. The highest BCUT2D eigenvalue weighted by molar-refractivity contribution is 7.12. The van der Waals surface area contributed by atoms with Crippen molar-refractivity contribution in [3.8, 4) is 11.5 Å². The zero-order chi connectivity index (χ0) is 14.8. The predicted octanol–water partition coefficient (Wildman–Crippen LogP) is 4.03. The maximum absolute atomic E-state index is 12.2. The van der Waals surface area contributed by atoms with Gasteiger partial charge < -0.3 is 9.47 Å². The molecule has 0 atom stereocenters. The van der Waals surface area contributed by atoms with Crippen LogP contribution in [0.1, 0.15) is 25.7 Å². The zero-order valence-electron chi connectivity index (χ0n) is 12.0. The third-order valence-corrected chi connectivity index (χ3v) is 4.27. The molecule has 0 aliphatic carbocycles. The minimum absolute atomic E-state index is 0.0340. The number of rotatable bonds is 3. The first-order valence-electron chi connectivity index (χ1n) is 6.82. The Balaban J connectivity index is 1.79. The fraction of sp³-hybridized carbons (Fsp3) is 0.235. The maximum Gasteiger partial charge on any atom is 0.186 e. The molecule has 4 heteroatoms. The Bertz CT molecular complexity index is 713. The summed E-state index contributed by atoms with van der Waals surface area (Å²) in [6, 6.07) is 7.63. The molecule has 2 heterocycles. The number of carbonyl (C=O) groups excluding carboxylic acids is 1. The molecule has 21 heavy (non-hydrogen) atoms. The van der Waals surface area contributed by atoms with Crippen molar-refractivity contribution in [3.63, 3.8) is 0 Å². The average molecular weight is 300 g/mol. The fourth-order valence-corrected chi connectivity index (χ4v) is 3.23. The number of allylic oxidation sites excluding steroid dienone is 1. The van der Waals surface area contributed by atoms with Gasteiger partial charge in [-0.1, -0.05) is 12.1 Å². The topological polar surface area (TPSA) is 35.5 Å². The third-order valence-electron chi connectivity index (χ3n) is 3.30. The number of fused-ring (bicyclic) bond motifs is 1. The Labute approximate surface area is 127 Å². The molecule has 0 spiro atoms. The van der Waals surface area contributed by atoms with E-state index in [9.17, 15) is 4.79 Å². The SMILES string of the molecule is Cc1cc(C(=O)/C=C/c2ccc3c(c2)OCCO3)c(C)s1. The van der Waals surface area contributed by atoms with Crippen LogP contribution in [0, 0.1) is 13.8 Å². The summed E-state index contributed by atoms with van der Waals surface area (Å²) in [5, 5.41) is 0. The molecular formula is C17H16O3S. The van der Waals surface area contributed by atoms with Gasteiger partial charge in [-0.2, -0.15) is 0 Å². The van der Waals surface area contributed by atoms with E-state index in [0.717, 1.165) is 32.4 Å². The van der Waals surface area contributed by atoms with Crippen molar-refractivity contribution in [2.75, 3.05) is 13.2 Å². The highest BCUT2D eigenvalue weighted by Gasteiger charge is 2.12. The molecule has 0 fully saturated rings. The van der Waals surface area contributed by atoms with E-state index in [4.69, 9.17) is 9.47 Å². The van der Waals surface area contributed by atoms with Crippen molar-refractivity contribution in [1.29, 1.82) is 0 Å².